The van der Waals surface area contributed by atoms with Gasteiger partial charge in [0, 0.05) is 25.3 Å². The Bertz CT molecular complexity index is 426. The molecule has 1 aromatic heterocycles. The minimum Gasteiger partial charge on any atom is -0.487 e. The quantitative estimate of drug-likeness (QED) is 0.874. The lowest BCUT2D eigenvalue weighted by Crippen LogP contribution is -2.39. The van der Waals surface area contributed by atoms with Gasteiger partial charge in [-0.05, 0) is 51.3 Å². The summed E-state index contributed by atoms with van der Waals surface area (Å²) in [5.41, 5.74) is 0. The third kappa shape index (κ3) is 4.88. The van der Waals surface area contributed by atoms with Crippen molar-refractivity contribution < 1.29 is 4.74 Å². The lowest BCUT2D eigenvalue weighted by Gasteiger charge is -2.34. The van der Waals surface area contributed by atoms with Crippen molar-refractivity contribution in [3.63, 3.8) is 0 Å². The SMILES string of the molecule is CC(C)NCC1CCN(c2ncccc2OC(C)C)CC1. The first-order valence-electron chi connectivity index (χ1n) is 8.16. The monoisotopic (exact) mass is 291 g/mol. The number of aromatic nitrogens is 1. The number of anilines is 1. The van der Waals surface area contributed by atoms with Crippen LogP contribution in [0.4, 0.5) is 5.82 Å². The molecule has 118 valence electrons. The van der Waals surface area contributed by atoms with Crippen LogP contribution in [0, 0.1) is 5.92 Å². The molecule has 1 saturated heterocycles. The van der Waals surface area contributed by atoms with E-state index in [-0.39, 0.29) is 6.10 Å². The van der Waals surface area contributed by atoms with Crippen LogP contribution in [-0.4, -0.2) is 36.8 Å². The second-order valence-electron chi connectivity index (χ2n) is 6.49. The smallest absolute Gasteiger partial charge is 0.171 e. The molecule has 1 N–H and O–H groups in total. The minimum absolute atomic E-state index is 0.181. The van der Waals surface area contributed by atoms with Gasteiger partial charge in [0.15, 0.2) is 11.6 Å². The van der Waals surface area contributed by atoms with E-state index in [2.05, 4.69) is 42.9 Å². The summed E-state index contributed by atoms with van der Waals surface area (Å²) in [5, 5.41) is 3.55. The minimum atomic E-state index is 0.181. The fourth-order valence-corrected chi connectivity index (χ4v) is 2.72. The van der Waals surface area contributed by atoms with Crippen LogP contribution in [0.3, 0.4) is 0 Å². The molecule has 2 heterocycles. The van der Waals surface area contributed by atoms with Crippen LogP contribution in [0.2, 0.25) is 0 Å². The number of nitrogens with one attached hydrogen (secondary N) is 1. The Kier molecular flexibility index (Phi) is 5.85. The van der Waals surface area contributed by atoms with E-state index in [1.165, 1.54) is 12.8 Å². The third-order valence-corrected chi connectivity index (χ3v) is 3.84. The fourth-order valence-electron chi connectivity index (χ4n) is 2.72. The highest BCUT2D eigenvalue weighted by molar-refractivity contribution is 5.52. The lowest BCUT2D eigenvalue weighted by atomic mass is 9.96. The highest BCUT2D eigenvalue weighted by Crippen LogP contribution is 2.29. The average Bonchev–Trinajstić information content (AvgIpc) is 2.46. The standard InChI is InChI=1S/C17H29N3O/c1-13(2)19-12-15-7-10-20(11-8-15)17-16(21-14(3)4)6-5-9-18-17/h5-6,9,13-15,19H,7-8,10-12H2,1-4H3. The van der Waals surface area contributed by atoms with Crippen molar-refractivity contribution in [2.24, 2.45) is 5.92 Å². The first kappa shape index (κ1) is 16.1. The molecule has 0 aromatic carbocycles. The first-order valence-corrected chi connectivity index (χ1v) is 8.16. The molecule has 0 unspecified atom stereocenters. The van der Waals surface area contributed by atoms with Gasteiger partial charge >= 0.3 is 0 Å². The number of pyridine rings is 1. The predicted octanol–water partition coefficient (Wildman–Crippen LogP) is 3.08. The van der Waals surface area contributed by atoms with E-state index >= 15 is 0 Å². The van der Waals surface area contributed by atoms with Crippen molar-refractivity contribution in [2.45, 2.75) is 52.7 Å². The summed E-state index contributed by atoms with van der Waals surface area (Å²) in [5.74, 6) is 2.69. The van der Waals surface area contributed by atoms with Crippen molar-refractivity contribution >= 4 is 5.82 Å². The Morgan fingerprint density at radius 2 is 2.00 bits per heavy atom. The van der Waals surface area contributed by atoms with Crippen LogP contribution in [0.25, 0.3) is 0 Å². The average molecular weight is 291 g/mol. The van der Waals surface area contributed by atoms with Gasteiger partial charge in [0.1, 0.15) is 0 Å². The van der Waals surface area contributed by atoms with E-state index in [1.807, 2.05) is 18.3 Å². The van der Waals surface area contributed by atoms with Crippen molar-refractivity contribution in [1.82, 2.24) is 10.3 Å². The maximum absolute atomic E-state index is 5.89. The zero-order valence-electron chi connectivity index (χ0n) is 13.8. The van der Waals surface area contributed by atoms with E-state index in [4.69, 9.17) is 4.74 Å². The second kappa shape index (κ2) is 7.64. The molecule has 0 aliphatic carbocycles. The van der Waals surface area contributed by atoms with Crippen LogP contribution in [0.5, 0.6) is 5.75 Å². The number of nitrogens with zero attached hydrogens (tertiary/aromatic N) is 2. The largest absolute Gasteiger partial charge is 0.487 e. The molecule has 0 radical (unpaired) electrons. The van der Waals surface area contributed by atoms with E-state index in [9.17, 15) is 0 Å². The van der Waals surface area contributed by atoms with Crippen LogP contribution in [0.15, 0.2) is 18.3 Å². The fraction of sp³-hybridized carbons (Fsp3) is 0.706. The molecular formula is C17H29N3O. The maximum atomic E-state index is 5.89. The third-order valence-electron chi connectivity index (χ3n) is 3.84. The number of ether oxygens (including phenoxy) is 1. The molecular weight excluding hydrogens is 262 g/mol. The van der Waals surface area contributed by atoms with Gasteiger partial charge in [0.2, 0.25) is 0 Å². The normalized spacial score (nSPS) is 16.8. The predicted molar refractivity (Wildman–Crippen MR) is 88.1 cm³/mol. The molecule has 0 spiro atoms. The Morgan fingerprint density at radius 3 is 2.62 bits per heavy atom. The molecule has 4 heteroatoms. The summed E-state index contributed by atoms with van der Waals surface area (Å²) in [6.45, 7) is 11.8. The molecule has 0 bridgehead atoms. The van der Waals surface area contributed by atoms with Crippen LogP contribution >= 0.6 is 0 Å². The summed E-state index contributed by atoms with van der Waals surface area (Å²) >= 11 is 0. The topological polar surface area (TPSA) is 37.4 Å². The zero-order chi connectivity index (χ0) is 15.2. The number of hydrogen-bond acceptors (Lipinski definition) is 4. The summed E-state index contributed by atoms with van der Waals surface area (Å²) in [6, 6.07) is 4.54. The van der Waals surface area contributed by atoms with E-state index in [0.29, 0.717) is 6.04 Å². The van der Waals surface area contributed by atoms with Gasteiger partial charge in [-0.3, -0.25) is 0 Å². The van der Waals surface area contributed by atoms with Gasteiger partial charge in [-0.1, -0.05) is 13.8 Å². The Hall–Kier alpha value is -1.29. The van der Waals surface area contributed by atoms with Crippen molar-refractivity contribution in [2.75, 3.05) is 24.5 Å². The Labute approximate surface area is 128 Å². The molecule has 1 aliphatic heterocycles. The molecule has 0 atom stereocenters. The Balaban J connectivity index is 1.93. The van der Waals surface area contributed by atoms with Gasteiger partial charge in [-0.25, -0.2) is 4.98 Å². The molecule has 0 saturated carbocycles. The first-order chi connectivity index (χ1) is 10.1. The van der Waals surface area contributed by atoms with E-state index in [1.54, 1.807) is 0 Å². The van der Waals surface area contributed by atoms with E-state index in [0.717, 1.165) is 37.1 Å². The van der Waals surface area contributed by atoms with Gasteiger partial charge in [0.25, 0.3) is 0 Å². The lowest BCUT2D eigenvalue weighted by molar-refractivity contribution is 0.241. The number of piperidine rings is 1. The van der Waals surface area contributed by atoms with Gasteiger partial charge in [-0.15, -0.1) is 0 Å². The zero-order valence-corrected chi connectivity index (χ0v) is 13.8. The highest BCUT2D eigenvalue weighted by atomic mass is 16.5. The van der Waals surface area contributed by atoms with Crippen molar-refractivity contribution in [3.05, 3.63) is 18.3 Å². The molecule has 2 rings (SSSR count). The molecule has 1 aromatic rings. The summed E-state index contributed by atoms with van der Waals surface area (Å²) in [7, 11) is 0. The van der Waals surface area contributed by atoms with Gasteiger partial charge < -0.3 is 15.0 Å². The number of rotatable bonds is 6. The highest BCUT2D eigenvalue weighted by Gasteiger charge is 2.22. The van der Waals surface area contributed by atoms with Crippen LogP contribution < -0.4 is 15.0 Å². The summed E-state index contributed by atoms with van der Waals surface area (Å²) in [4.78, 5) is 6.90. The van der Waals surface area contributed by atoms with Crippen LogP contribution in [-0.2, 0) is 0 Å². The van der Waals surface area contributed by atoms with Crippen molar-refractivity contribution in [3.8, 4) is 5.75 Å². The van der Waals surface area contributed by atoms with Gasteiger partial charge in [-0.2, -0.15) is 0 Å². The molecule has 21 heavy (non-hydrogen) atoms. The summed E-state index contributed by atoms with van der Waals surface area (Å²) < 4.78 is 5.89. The van der Waals surface area contributed by atoms with Crippen LogP contribution in [0.1, 0.15) is 40.5 Å². The number of hydrogen-bond donors (Lipinski definition) is 1. The molecule has 1 aliphatic rings. The molecule has 4 nitrogen and oxygen atoms in total. The maximum Gasteiger partial charge on any atom is 0.171 e. The summed E-state index contributed by atoms with van der Waals surface area (Å²) in [6.07, 6.45) is 4.48. The molecule has 1 fully saturated rings. The van der Waals surface area contributed by atoms with E-state index < -0.39 is 0 Å². The van der Waals surface area contributed by atoms with Crippen molar-refractivity contribution in [1.29, 1.82) is 0 Å². The van der Waals surface area contributed by atoms with Gasteiger partial charge in [0.05, 0.1) is 6.10 Å². The Morgan fingerprint density at radius 1 is 1.29 bits per heavy atom. The molecule has 0 amide bonds. The second-order valence-corrected chi connectivity index (χ2v) is 6.49.